The van der Waals surface area contributed by atoms with Crippen LogP contribution in [-0.2, 0) is 4.79 Å². The number of carbonyl (C=O) groups is 1. The molecule has 0 aliphatic heterocycles. The first-order valence-electron chi connectivity index (χ1n) is 7.50. The first kappa shape index (κ1) is 23.5. The van der Waals surface area contributed by atoms with Crippen LogP contribution in [0, 0.1) is 0 Å². The van der Waals surface area contributed by atoms with Gasteiger partial charge in [0.15, 0.2) is 0 Å². The van der Waals surface area contributed by atoms with Gasteiger partial charge < -0.3 is 15.3 Å². The molecule has 0 heterocycles. The maximum Gasteiger partial charge on any atom is 1.00 e. The largest absolute Gasteiger partial charge is 1.00 e. The number of unbranched alkanes of at least 4 members (excludes halogenated alkanes) is 1. The molecule has 2 N–H and O–H groups in total. The molecule has 0 aromatic carbocycles. The number of nitrogens with zero attached hydrogens (tertiary/aromatic N) is 2. The van der Waals surface area contributed by atoms with Gasteiger partial charge in [0.05, 0.1) is 13.1 Å². The summed E-state index contributed by atoms with van der Waals surface area (Å²) in [7, 11) is 0. The van der Waals surface area contributed by atoms with E-state index in [0.29, 0.717) is 25.9 Å². The molecule has 0 atom stereocenters. The fraction of sp³-hybridized carbons (Fsp3) is 0.733. The summed E-state index contributed by atoms with van der Waals surface area (Å²) >= 11 is 0. The predicted molar refractivity (Wildman–Crippen MR) is 81.1 cm³/mol. The quantitative estimate of drug-likeness (QED) is 0.135. The van der Waals surface area contributed by atoms with Crippen molar-refractivity contribution >= 4 is 11.9 Å². The van der Waals surface area contributed by atoms with Gasteiger partial charge in [-0.25, -0.2) is 0 Å². The Balaban J connectivity index is 0. The third kappa shape index (κ3) is 15.6. The van der Waals surface area contributed by atoms with Gasteiger partial charge in [0.1, 0.15) is 0 Å². The number of aliphatic imine (C=N–C) groups is 1. The van der Waals surface area contributed by atoms with Crippen molar-refractivity contribution in [3.05, 3.63) is 12.2 Å². The number of hydrogen-bond acceptors (Lipinski definition) is 5. The molecule has 0 amide bonds. The summed E-state index contributed by atoms with van der Waals surface area (Å²) < 4.78 is 0. The molecule has 0 fully saturated rings. The number of aliphatic hydroxyl groups is 1. The van der Waals surface area contributed by atoms with Crippen molar-refractivity contribution in [3.63, 3.8) is 0 Å². The Morgan fingerprint density at radius 1 is 1.23 bits per heavy atom. The molecule has 0 aromatic rings. The fourth-order valence-corrected chi connectivity index (χ4v) is 1.71. The van der Waals surface area contributed by atoms with E-state index < -0.39 is 5.97 Å². The smallest absolute Gasteiger partial charge is 0.862 e. The Hall–Kier alpha value is -0.803. The fourth-order valence-electron chi connectivity index (χ4n) is 1.71. The van der Waals surface area contributed by atoms with Crippen LogP contribution >= 0.6 is 0 Å². The zero-order chi connectivity index (χ0) is 15.9. The van der Waals surface area contributed by atoms with Crippen LogP contribution in [0.4, 0.5) is 0 Å². The maximum atomic E-state index is 11.6. The van der Waals surface area contributed by atoms with E-state index in [1.54, 1.807) is 4.90 Å². The van der Waals surface area contributed by atoms with Gasteiger partial charge in [-0.3, -0.25) is 14.7 Å². The van der Waals surface area contributed by atoms with Gasteiger partial charge in [0, 0.05) is 19.7 Å². The summed E-state index contributed by atoms with van der Waals surface area (Å²) in [6, 6.07) is 0. The molecule has 0 saturated carbocycles. The van der Waals surface area contributed by atoms with Crippen LogP contribution in [0.5, 0.6) is 0 Å². The minimum absolute atomic E-state index is 0. The summed E-state index contributed by atoms with van der Waals surface area (Å²) in [5, 5.41) is 29.1. The van der Waals surface area contributed by atoms with Gasteiger partial charge in [-0.05, 0) is 38.0 Å². The molecule has 0 radical (unpaired) electrons. The number of aliphatic hydroxyl groups excluding tert-OH is 1. The zero-order valence-corrected chi connectivity index (χ0v) is 13.8. The molecule has 0 spiro atoms. The second kappa shape index (κ2) is 16.6. The summed E-state index contributed by atoms with van der Waals surface area (Å²) in [5.74, 6) is -1.03. The first-order chi connectivity index (χ1) is 10.1. The van der Waals surface area contributed by atoms with Crippen molar-refractivity contribution in [1.29, 1.82) is 0 Å². The van der Waals surface area contributed by atoms with Crippen LogP contribution in [0.25, 0.3) is 0 Å². The molecule has 122 valence electrons. The van der Waals surface area contributed by atoms with Gasteiger partial charge in [-0.1, -0.05) is 19.1 Å². The molecule has 0 rings (SSSR count). The van der Waals surface area contributed by atoms with Gasteiger partial charge in [-0.2, -0.15) is 0 Å². The summed E-state index contributed by atoms with van der Waals surface area (Å²) in [5.41, 5.74) is 0. The van der Waals surface area contributed by atoms with Gasteiger partial charge in [-0.15, -0.1) is 0 Å². The number of hydrogen-bond donors (Lipinski definition) is 2. The van der Waals surface area contributed by atoms with Crippen LogP contribution in [-0.4, -0.2) is 53.3 Å². The van der Waals surface area contributed by atoms with Crippen molar-refractivity contribution in [3.8, 4) is 0 Å². The third-order valence-electron chi connectivity index (χ3n) is 2.89. The third-order valence-corrected chi connectivity index (χ3v) is 2.89. The van der Waals surface area contributed by atoms with Crippen molar-refractivity contribution in [2.75, 3.05) is 26.4 Å². The van der Waals surface area contributed by atoms with E-state index in [1.807, 2.05) is 0 Å². The summed E-state index contributed by atoms with van der Waals surface area (Å²) in [6.45, 7) is 3.19. The van der Waals surface area contributed by atoms with E-state index in [4.69, 9.17) is 10.2 Å². The summed E-state index contributed by atoms with van der Waals surface area (Å²) in [4.78, 5) is 16.3. The van der Waals surface area contributed by atoms with E-state index in [0.717, 1.165) is 19.3 Å². The van der Waals surface area contributed by atoms with Crippen molar-refractivity contribution in [1.82, 2.24) is 4.90 Å². The van der Waals surface area contributed by atoms with E-state index >= 15 is 0 Å². The van der Waals surface area contributed by atoms with E-state index in [9.17, 15) is 9.90 Å². The first-order valence-corrected chi connectivity index (χ1v) is 7.50. The second-order valence-corrected chi connectivity index (χ2v) is 4.80. The van der Waals surface area contributed by atoms with Crippen molar-refractivity contribution < 1.29 is 39.0 Å². The zero-order valence-electron chi connectivity index (χ0n) is 13.8. The van der Waals surface area contributed by atoms with Crippen LogP contribution in [0.1, 0.15) is 45.4 Å². The molecule has 6 nitrogen and oxygen atoms in total. The van der Waals surface area contributed by atoms with Crippen LogP contribution in [0.15, 0.2) is 17.1 Å². The molecule has 0 aliphatic carbocycles. The Morgan fingerprint density at radius 3 is 2.55 bits per heavy atom. The number of aliphatic carboxylic acids is 1. The van der Waals surface area contributed by atoms with Gasteiger partial charge >= 0.3 is 24.8 Å². The predicted octanol–water partition coefficient (Wildman–Crippen LogP) is -2.00. The van der Waals surface area contributed by atoms with E-state index in [-0.39, 0.29) is 44.5 Å². The Morgan fingerprint density at radius 2 is 1.95 bits per heavy atom. The Kier molecular flexibility index (Phi) is 17.7. The van der Waals surface area contributed by atoms with Crippen molar-refractivity contribution in [2.24, 2.45) is 4.99 Å². The van der Waals surface area contributed by atoms with Gasteiger partial charge in [0.2, 0.25) is 0 Å². The Bertz CT molecular complexity index is 336. The molecular formula is C15H27LiN2O4. The minimum Gasteiger partial charge on any atom is -0.862 e. The minimum atomic E-state index is -0.877. The van der Waals surface area contributed by atoms with Crippen LogP contribution in [0.3, 0.4) is 0 Å². The molecule has 0 unspecified atom stereocenters. The van der Waals surface area contributed by atoms with E-state index in [1.165, 1.54) is 0 Å². The number of carboxylic acids is 1. The van der Waals surface area contributed by atoms with Crippen LogP contribution in [0.2, 0.25) is 0 Å². The molecule has 22 heavy (non-hydrogen) atoms. The normalized spacial score (nSPS) is 11.9. The molecule has 0 saturated heterocycles. The Labute approximate surface area is 145 Å². The maximum absolute atomic E-state index is 11.6. The monoisotopic (exact) mass is 306 g/mol. The molecule has 7 heteroatoms. The van der Waals surface area contributed by atoms with Crippen LogP contribution < -0.4 is 24.0 Å². The summed E-state index contributed by atoms with van der Waals surface area (Å²) in [6.07, 6.45) is 7.77. The standard InChI is InChI=1S/C15H28N2O4.Li/c1-2-3-4-5-6-8-14(19)16-13-17(10-7-12-18)11-9-15(20)21;/h3-4,18H,2,5-13H2,1H3,(H,16,19)(H,20,21);/q;+1/p-1/b4-3+;. The second-order valence-electron chi connectivity index (χ2n) is 4.80. The molecular weight excluding hydrogens is 279 g/mol. The molecule has 0 aliphatic rings. The van der Waals surface area contributed by atoms with Gasteiger partial charge in [0.25, 0.3) is 0 Å². The average Bonchev–Trinajstić information content (AvgIpc) is 2.46. The average molecular weight is 306 g/mol. The SMILES string of the molecule is CC/C=C/CCCC([O-])=NCN(CCCO)CCC(=O)O.[Li+]. The molecule has 0 aromatic heterocycles. The van der Waals surface area contributed by atoms with E-state index in [2.05, 4.69) is 24.1 Å². The topological polar surface area (TPSA) is 96.2 Å². The van der Waals surface area contributed by atoms with Crippen molar-refractivity contribution in [2.45, 2.75) is 45.4 Å². The molecule has 0 bridgehead atoms. The number of rotatable bonds is 13. The number of carboxylic acid groups (broad SMARTS) is 1. The number of allylic oxidation sites excluding steroid dienone is 2.